The summed E-state index contributed by atoms with van der Waals surface area (Å²) in [5.41, 5.74) is 0.807. The van der Waals surface area contributed by atoms with E-state index in [1.54, 1.807) is 11.3 Å². The Bertz CT molecular complexity index is 571. The van der Waals surface area contributed by atoms with E-state index in [9.17, 15) is 4.79 Å². The minimum atomic E-state index is -0.00555. The lowest BCUT2D eigenvalue weighted by atomic mass is 10.2. The summed E-state index contributed by atoms with van der Waals surface area (Å²) < 4.78 is 0.954. The highest BCUT2D eigenvalue weighted by molar-refractivity contribution is 9.10. The van der Waals surface area contributed by atoms with Crippen LogP contribution < -0.4 is 5.32 Å². The summed E-state index contributed by atoms with van der Waals surface area (Å²) in [5, 5.41) is 4.96. The molecule has 0 radical (unpaired) electrons. The van der Waals surface area contributed by atoms with Crippen LogP contribution in [0.5, 0.6) is 0 Å². The summed E-state index contributed by atoms with van der Waals surface area (Å²) in [6.07, 6.45) is 0. The van der Waals surface area contributed by atoms with Crippen molar-refractivity contribution in [2.45, 2.75) is 13.0 Å². The van der Waals surface area contributed by atoms with Crippen LogP contribution in [0.25, 0.3) is 0 Å². The highest BCUT2D eigenvalue weighted by Crippen LogP contribution is 2.23. The summed E-state index contributed by atoms with van der Waals surface area (Å²) in [5.74, 6) is -0.00555. The molecule has 0 aliphatic rings. The summed E-state index contributed by atoms with van der Waals surface area (Å²) in [7, 11) is 1.96. The van der Waals surface area contributed by atoms with Gasteiger partial charge in [-0.15, -0.1) is 11.3 Å². The highest BCUT2D eigenvalue weighted by Gasteiger charge is 2.15. The lowest BCUT2D eigenvalue weighted by molar-refractivity contribution is -0.117. The second-order valence-electron chi connectivity index (χ2n) is 4.67. The van der Waals surface area contributed by atoms with Crippen LogP contribution in [-0.4, -0.2) is 24.4 Å². The van der Waals surface area contributed by atoms with Crippen molar-refractivity contribution in [3.63, 3.8) is 0 Å². The average Bonchev–Trinajstić information content (AvgIpc) is 2.91. The molecule has 1 unspecified atom stereocenters. The van der Waals surface area contributed by atoms with E-state index in [0.717, 1.165) is 10.2 Å². The number of hydrogen-bond acceptors (Lipinski definition) is 3. The molecule has 0 saturated heterocycles. The molecule has 0 aliphatic heterocycles. The van der Waals surface area contributed by atoms with E-state index in [1.165, 1.54) is 4.88 Å². The third-order valence-electron chi connectivity index (χ3n) is 3.12. The van der Waals surface area contributed by atoms with Gasteiger partial charge in [0.25, 0.3) is 0 Å². The van der Waals surface area contributed by atoms with Crippen LogP contribution in [0.3, 0.4) is 0 Å². The van der Waals surface area contributed by atoms with Gasteiger partial charge in [-0.1, -0.05) is 28.1 Å². The molecule has 1 amide bonds. The Balaban J connectivity index is 1.91. The normalized spacial score (nSPS) is 12.4. The third-order valence-corrected chi connectivity index (χ3v) is 4.65. The SMILES string of the molecule is CC(c1cccs1)N(C)CC(=O)Nc1cccc(Br)c1. The molecule has 1 aromatic carbocycles. The minimum absolute atomic E-state index is 0.00555. The van der Waals surface area contributed by atoms with Gasteiger partial charge < -0.3 is 5.32 Å². The van der Waals surface area contributed by atoms with Crippen LogP contribution in [0.4, 0.5) is 5.69 Å². The first-order valence-electron chi connectivity index (χ1n) is 6.35. The molecule has 1 N–H and O–H groups in total. The van der Waals surface area contributed by atoms with Crippen molar-refractivity contribution < 1.29 is 4.79 Å². The fourth-order valence-electron chi connectivity index (χ4n) is 1.88. The van der Waals surface area contributed by atoms with Crippen molar-refractivity contribution in [3.05, 3.63) is 51.1 Å². The van der Waals surface area contributed by atoms with Crippen LogP contribution in [-0.2, 0) is 4.79 Å². The number of anilines is 1. The smallest absolute Gasteiger partial charge is 0.238 e. The minimum Gasteiger partial charge on any atom is -0.325 e. The van der Waals surface area contributed by atoms with Gasteiger partial charge in [-0.25, -0.2) is 0 Å². The number of rotatable bonds is 5. The first-order valence-corrected chi connectivity index (χ1v) is 8.02. The fraction of sp³-hybridized carbons (Fsp3) is 0.267. The summed E-state index contributed by atoms with van der Waals surface area (Å²) in [6, 6.07) is 12.0. The van der Waals surface area contributed by atoms with Crippen LogP contribution in [0.15, 0.2) is 46.3 Å². The molecule has 1 aromatic heterocycles. The molecule has 3 nitrogen and oxygen atoms in total. The van der Waals surface area contributed by atoms with E-state index in [4.69, 9.17) is 0 Å². The number of amides is 1. The molecular formula is C15H17BrN2OS. The number of nitrogens with zero attached hydrogens (tertiary/aromatic N) is 1. The number of hydrogen-bond donors (Lipinski definition) is 1. The third kappa shape index (κ3) is 4.16. The van der Waals surface area contributed by atoms with Gasteiger partial charge in [0, 0.05) is 21.1 Å². The number of likely N-dealkylation sites (N-methyl/N-ethyl adjacent to an activating group) is 1. The maximum absolute atomic E-state index is 12.0. The van der Waals surface area contributed by atoms with Gasteiger partial charge >= 0.3 is 0 Å². The zero-order valence-electron chi connectivity index (χ0n) is 11.5. The van der Waals surface area contributed by atoms with E-state index in [0.29, 0.717) is 6.54 Å². The van der Waals surface area contributed by atoms with Crippen molar-refractivity contribution in [2.24, 2.45) is 0 Å². The summed E-state index contributed by atoms with van der Waals surface area (Å²) in [6.45, 7) is 2.48. The summed E-state index contributed by atoms with van der Waals surface area (Å²) >= 11 is 5.10. The topological polar surface area (TPSA) is 32.3 Å². The number of thiophene rings is 1. The lowest BCUT2D eigenvalue weighted by Crippen LogP contribution is -2.31. The van der Waals surface area contributed by atoms with Crippen molar-refractivity contribution in [1.29, 1.82) is 0 Å². The van der Waals surface area contributed by atoms with Gasteiger partial charge in [0.05, 0.1) is 6.54 Å². The predicted molar refractivity (Wildman–Crippen MR) is 88.1 cm³/mol. The Morgan fingerprint density at radius 2 is 2.20 bits per heavy atom. The molecule has 20 heavy (non-hydrogen) atoms. The van der Waals surface area contributed by atoms with Crippen molar-refractivity contribution in [1.82, 2.24) is 4.90 Å². The molecule has 5 heteroatoms. The zero-order valence-corrected chi connectivity index (χ0v) is 13.9. The van der Waals surface area contributed by atoms with Gasteiger partial charge in [0.15, 0.2) is 0 Å². The number of nitrogens with one attached hydrogen (secondary N) is 1. The number of benzene rings is 1. The van der Waals surface area contributed by atoms with Crippen LogP contribution in [0.1, 0.15) is 17.8 Å². The Morgan fingerprint density at radius 1 is 1.40 bits per heavy atom. The molecular weight excluding hydrogens is 336 g/mol. The second-order valence-corrected chi connectivity index (χ2v) is 6.56. The predicted octanol–water partition coefficient (Wildman–Crippen LogP) is 4.14. The quantitative estimate of drug-likeness (QED) is 0.876. The Hall–Kier alpha value is -1.17. The molecule has 2 rings (SSSR count). The molecule has 0 spiro atoms. The summed E-state index contributed by atoms with van der Waals surface area (Å²) in [4.78, 5) is 15.4. The fourth-order valence-corrected chi connectivity index (χ4v) is 3.12. The van der Waals surface area contributed by atoms with Crippen molar-refractivity contribution >= 4 is 38.9 Å². The molecule has 1 atom stereocenters. The molecule has 2 aromatic rings. The number of carbonyl (C=O) groups excluding carboxylic acids is 1. The molecule has 106 valence electrons. The van der Waals surface area contributed by atoms with Gasteiger partial charge in [-0.2, -0.15) is 0 Å². The number of carbonyl (C=O) groups is 1. The van der Waals surface area contributed by atoms with Crippen LogP contribution >= 0.6 is 27.3 Å². The van der Waals surface area contributed by atoms with E-state index < -0.39 is 0 Å². The first kappa shape index (κ1) is 15.2. The maximum Gasteiger partial charge on any atom is 0.238 e. The van der Waals surface area contributed by atoms with Gasteiger partial charge in [-0.05, 0) is 43.6 Å². The maximum atomic E-state index is 12.0. The van der Waals surface area contributed by atoms with E-state index in [-0.39, 0.29) is 11.9 Å². The van der Waals surface area contributed by atoms with E-state index >= 15 is 0 Å². The zero-order chi connectivity index (χ0) is 14.5. The van der Waals surface area contributed by atoms with Crippen LogP contribution in [0.2, 0.25) is 0 Å². The molecule has 0 fully saturated rings. The van der Waals surface area contributed by atoms with Gasteiger partial charge in [0.1, 0.15) is 0 Å². The Morgan fingerprint density at radius 3 is 2.85 bits per heavy atom. The molecule has 0 saturated carbocycles. The first-order chi connectivity index (χ1) is 9.56. The van der Waals surface area contributed by atoms with Gasteiger partial charge in [-0.3, -0.25) is 9.69 Å². The Labute approximate surface area is 131 Å². The van der Waals surface area contributed by atoms with Crippen LogP contribution in [0, 0.1) is 0 Å². The van der Waals surface area contributed by atoms with Crippen molar-refractivity contribution in [2.75, 3.05) is 18.9 Å². The molecule has 1 heterocycles. The van der Waals surface area contributed by atoms with E-state index in [1.807, 2.05) is 42.3 Å². The molecule has 0 bridgehead atoms. The van der Waals surface area contributed by atoms with Gasteiger partial charge in [0.2, 0.25) is 5.91 Å². The highest BCUT2D eigenvalue weighted by atomic mass is 79.9. The average molecular weight is 353 g/mol. The monoisotopic (exact) mass is 352 g/mol. The second kappa shape index (κ2) is 7.02. The standard InChI is InChI=1S/C15H17BrN2OS/c1-11(14-7-4-8-20-14)18(2)10-15(19)17-13-6-3-5-12(16)9-13/h3-9,11H,10H2,1-2H3,(H,17,19). The van der Waals surface area contributed by atoms with E-state index in [2.05, 4.69) is 39.6 Å². The van der Waals surface area contributed by atoms with Crippen molar-refractivity contribution in [3.8, 4) is 0 Å². The largest absolute Gasteiger partial charge is 0.325 e. The molecule has 0 aliphatic carbocycles. The Kier molecular flexibility index (Phi) is 5.34. The lowest BCUT2D eigenvalue weighted by Gasteiger charge is -2.23. The number of halogens is 1.